The standard InChI is InChI=1S/C16H20INO3/c17-14-7-6-13(8-18-14)16-19-9-15(10-20-16,11-21-16)12-4-2-1-3-5-12/h6-8,12H,1-5,9-11H2. The third kappa shape index (κ3) is 2.42. The molecule has 0 N–H and O–H groups in total. The second-order valence-corrected chi connectivity index (χ2v) is 7.59. The quantitative estimate of drug-likeness (QED) is 0.563. The molecular formula is C16H20INO3. The molecule has 4 fully saturated rings. The SMILES string of the molecule is Ic1ccc(C23OCC(C4CCCCC4)(CO2)CO3)cn1. The van der Waals surface area contributed by atoms with Crippen molar-refractivity contribution < 1.29 is 14.2 Å². The molecule has 3 saturated heterocycles. The van der Waals surface area contributed by atoms with Crippen LogP contribution in [-0.2, 0) is 20.2 Å². The molecule has 1 aliphatic carbocycles. The average molecular weight is 401 g/mol. The van der Waals surface area contributed by atoms with Gasteiger partial charge in [0.05, 0.1) is 25.4 Å². The van der Waals surface area contributed by atoms with Gasteiger partial charge >= 0.3 is 5.97 Å². The van der Waals surface area contributed by atoms with E-state index < -0.39 is 5.97 Å². The first-order chi connectivity index (χ1) is 10.2. The van der Waals surface area contributed by atoms with Gasteiger partial charge in [0.1, 0.15) is 3.70 Å². The van der Waals surface area contributed by atoms with Crippen LogP contribution in [0.2, 0.25) is 0 Å². The zero-order valence-corrected chi connectivity index (χ0v) is 14.2. The van der Waals surface area contributed by atoms with Gasteiger partial charge in [-0.25, -0.2) is 4.98 Å². The summed E-state index contributed by atoms with van der Waals surface area (Å²) < 4.78 is 19.1. The van der Waals surface area contributed by atoms with E-state index in [0.717, 1.165) is 29.1 Å². The summed E-state index contributed by atoms with van der Waals surface area (Å²) in [5.74, 6) is -0.340. The Balaban J connectivity index is 1.53. The van der Waals surface area contributed by atoms with Gasteiger partial charge in [-0.15, -0.1) is 0 Å². The van der Waals surface area contributed by atoms with Crippen molar-refractivity contribution in [3.63, 3.8) is 0 Å². The summed E-state index contributed by atoms with van der Waals surface area (Å²) in [5, 5.41) is 0. The number of pyridine rings is 1. The molecule has 5 heteroatoms. The lowest BCUT2D eigenvalue weighted by atomic mass is 9.69. The largest absolute Gasteiger partial charge is 0.323 e. The Labute approximate surface area is 138 Å². The van der Waals surface area contributed by atoms with Crippen molar-refractivity contribution >= 4 is 22.6 Å². The highest BCUT2D eigenvalue weighted by Crippen LogP contribution is 2.50. The van der Waals surface area contributed by atoms with Crippen molar-refractivity contribution in [2.24, 2.45) is 11.3 Å². The normalized spacial score (nSPS) is 36.8. The van der Waals surface area contributed by atoms with Crippen LogP contribution in [0, 0.1) is 15.0 Å². The molecule has 114 valence electrons. The minimum absolute atomic E-state index is 0.0683. The Morgan fingerprint density at radius 2 is 1.67 bits per heavy atom. The number of rotatable bonds is 2. The van der Waals surface area contributed by atoms with E-state index in [0.29, 0.717) is 5.92 Å². The monoisotopic (exact) mass is 401 g/mol. The smallest absolute Gasteiger partial charge is 0.313 e. The highest BCUT2D eigenvalue weighted by Gasteiger charge is 2.56. The molecule has 0 atom stereocenters. The van der Waals surface area contributed by atoms with E-state index in [1.165, 1.54) is 32.1 Å². The minimum atomic E-state index is -1.02. The van der Waals surface area contributed by atoms with Gasteiger partial charge in [0.2, 0.25) is 0 Å². The van der Waals surface area contributed by atoms with E-state index in [9.17, 15) is 0 Å². The maximum absolute atomic E-state index is 6.06. The van der Waals surface area contributed by atoms with Crippen molar-refractivity contribution in [2.45, 2.75) is 38.1 Å². The highest BCUT2D eigenvalue weighted by atomic mass is 127. The zero-order chi connectivity index (χ0) is 14.3. The van der Waals surface area contributed by atoms with E-state index in [1.807, 2.05) is 12.1 Å². The molecular weight excluding hydrogens is 381 g/mol. The molecule has 4 aliphatic rings. The number of ether oxygens (including phenoxy) is 3. The molecule has 5 rings (SSSR count). The van der Waals surface area contributed by atoms with Crippen LogP contribution in [-0.4, -0.2) is 24.8 Å². The molecule has 1 saturated carbocycles. The van der Waals surface area contributed by atoms with Gasteiger partial charge in [0.15, 0.2) is 0 Å². The summed E-state index contributed by atoms with van der Waals surface area (Å²) in [6.07, 6.45) is 8.40. The van der Waals surface area contributed by atoms with E-state index in [4.69, 9.17) is 14.2 Å². The summed E-state index contributed by atoms with van der Waals surface area (Å²) in [6, 6.07) is 3.94. The van der Waals surface area contributed by atoms with Crippen LogP contribution in [0.25, 0.3) is 0 Å². The highest BCUT2D eigenvalue weighted by molar-refractivity contribution is 14.1. The van der Waals surface area contributed by atoms with Gasteiger partial charge in [0.25, 0.3) is 0 Å². The average Bonchev–Trinajstić information content (AvgIpc) is 2.58. The Morgan fingerprint density at radius 1 is 1.00 bits per heavy atom. The number of hydrogen-bond donors (Lipinski definition) is 0. The van der Waals surface area contributed by atoms with Crippen LogP contribution >= 0.6 is 22.6 Å². The number of aromatic nitrogens is 1. The van der Waals surface area contributed by atoms with Crippen molar-refractivity contribution in [3.8, 4) is 0 Å². The van der Waals surface area contributed by atoms with Crippen molar-refractivity contribution in [3.05, 3.63) is 27.6 Å². The fraction of sp³-hybridized carbons (Fsp3) is 0.688. The summed E-state index contributed by atoms with van der Waals surface area (Å²) in [4.78, 5) is 4.32. The Kier molecular flexibility index (Phi) is 3.72. The lowest BCUT2D eigenvalue weighted by molar-refractivity contribution is -0.486. The maximum atomic E-state index is 6.06. The molecule has 1 aromatic rings. The Hall–Kier alpha value is -0.240. The van der Waals surface area contributed by atoms with E-state index in [-0.39, 0.29) is 5.41 Å². The summed E-state index contributed by atoms with van der Waals surface area (Å²) in [5.41, 5.74) is 0.929. The van der Waals surface area contributed by atoms with Crippen molar-refractivity contribution in [2.75, 3.05) is 19.8 Å². The van der Waals surface area contributed by atoms with Crippen molar-refractivity contribution in [1.29, 1.82) is 0 Å². The zero-order valence-electron chi connectivity index (χ0n) is 12.0. The number of fused-ring (bicyclic) bond motifs is 3. The predicted molar refractivity (Wildman–Crippen MR) is 85.5 cm³/mol. The third-order valence-corrected chi connectivity index (χ3v) is 5.84. The first-order valence-electron chi connectivity index (χ1n) is 7.76. The predicted octanol–water partition coefficient (Wildman–Crippen LogP) is 3.44. The molecule has 3 aliphatic heterocycles. The molecule has 2 bridgehead atoms. The minimum Gasteiger partial charge on any atom is -0.323 e. The lowest BCUT2D eigenvalue weighted by Crippen LogP contribution is -2.61. The van der Waals surface area contributed by atoms with E-state index in [2.05, 4.69) is 27.6 Å². The molecule has 4 nitrogen and oxygen atoms in total. The summed E-state index contributed by atoms with van der Waals surface area (Å²) in [6.45, 7) is 2.22. The Bertz CT molecular complexity index is 488. The fourth-order valence-electron chi connectivity index (χ4n) is 3.84. The van der Waals surface area contributed by atoms with Gasteiger partial charge in [-0.2, -0.15) is 0 Å². The summed E-state index contributed by atoms with van der Waals surface area (Å²) >= 11 is 2.19. The first kappa shape index (κ1) is 14.4. The molecule has 0 spiro atoms. The van der Waals surface area contributed by atoms with Gasteiger partial charge in [-0.1, -0.05) is 19.3 Å². The molecule has 0 aromatic carbocycles. The van der Waals surface area contributed by atoms with Crippen LogP contribution in [0.3, 0.4) is 0 Å². The third-order valence-electron chi connectivity index (χ3n) is 5.20. The van der Waals surface area contributed by atoms with Crippen LogP contribution in [0.4, 0.5) is 0 Å². The molecule has 0 amide bonds. The van der Waals surface area contributed by atoms with Crippen LogP contribution < -0.4 is 0 Å². The van der Waals surface area contributed by atoms with Gasteiger partial charge in [-0.05, 0) is 53.5 Å². The van der Waals surface area contributed by atoms with Crippen molar-refractivity contribution in [1.82, 2.24) is 4.98 Å². The van der Waals surface area contributed by atoms with E-state index in [1.54, 1.807) is 6.20 Å². The topological polar surface area (TPSA) is 40.6 Å². The van der Waals surface area contributed by atoms with Gasteiger partial charge in [0, 0.05) is 11.6 Å². The Morgan fingerprint density at radius 3 is 2.24 bits per heavy atom. The lowest BCUT2D eigenvalue weighted by Gasteiger charge is -2.55. The molecule has 1 aromatic heterocycles. The fourth-order valence-corrected chi connectivity index (χ4v) is 4.16. The van der Waals surface area contributed by atoms with Gasteiger partial charge < -0.3 is 14.2 Å². The second kappa shape index (κ2) is 5.44. The summed E-state index contributed by atoms with van der Waals surface area (Å²) in [7, 11) is 0. The van der Waals surface area contributed by atoms with Crippen LogP contribution in [0.15, 0.2) is 18.3 Å². The first-order valence-corrected chi connectivity index (χ1v) is 8.84. The number of halogens is 1. The molecule has 0 unspecified atom stereocenters. The molecule has 4 heterocycles. The van der Waals surface area contributed by atoms with Crippen LogP contribution in [0.5, 0.6) is 0 Å². The molecule has 21 heavy (non-hydrogen) atoms. The number of hydrogen-bond acceptors (Lipinski definition) is 4. The van der Waals surface area contributed by atoms with Gasteiger partial charge in [-0.3, -0.25) is 0 Å². The molecule has 0 radical (unpaired) electrons. The van der Waals surface area contributed by atoms with E-state index >= 15 is 0 Å². The maximum Gasteiger partial charge on any atom is 0.313 e. The van der Waals surface area contributed by atoms with Crippen LogP contribution in [0.1, 0.15) is 37.7 Å². The number of nitrogens with zero attached hydrogens (tertiary/aromatic N) is 1. The second-order valence-electron chi connectivity index (χ2n) is 6.49.